The van der Waals surface area contributed by atoms with Gasteiger partial charge in [-0.3, -0.25) is 11.1 Å². The van der Waals surface area contributed by atoms with Crippen molar-refractivity contribution in [1.29, 1.82) is 0 Å². The first-order valence-electron chi connectivity index (χ1n) is 9.42. The van der Waals surface area contributed by atoms with Crippen LogP contribution >= 0.6 is 0 Å². The van der Waals surface area contributed by atoms with E-state index in [4.69, 9.17) is 0 Å². The van der Waals surface area contributed by atoms with Crippen molar-refractivity contribution < 1.29 is 42.2 Å². The molecule has 0 saturated carbocycles. The molecule has 0 bridgehead atoms. The molecule has 1 aromatic heterocycles. The van der Waals surface area contributed by atoms with E-state index >= 15 is 0 Å². The molecule has 0 saturated heterocycles. The standard InChI is InChI=1S/C26H20N.2ClH.Cr/c1-18-21(17-22-10-4-8-19-7-2-3-12-24(19)22)14-15-23(18)25-13-5-9-20-11-6-16-27-26(20)25;;;/h2-13,16H,15,17H2,1H3;2*1H;/q-1;;;+3/p-2. The summed E-state index contributed by atoms with van der Waals surface area (Å²) >= 11 is 0. The molecule has 0 N–H and O–H groups in total. The van der Waals surface area contributed by atoms with Gasteiger partial charge in [0.2, 0.25) is 0 Å². The Morgan fingerprint density at radius 1 is 0.833 bits per heavy atom. The molecular weight excluding hydrogens is 449 g/mol. The summed E-state index contributed by atoms with van der Waals surface area (Å²) in [6.07, 6.45) is 7.32. The quantitative estimate of drug-likeness (QED) is 0.400. The van der Waals surface area contributed by atoms with E-state index in [1.807, 2.05) is 12.3 Å². The van der Waals surface area contributed by atoms with Gasteiger partial charge in [0, 0.05) is 11.6 Å². The van der Waals surface area contributed by atoms with Crippen LogP contribution in [0.3, 0.4) is 0 Å². The molecule has 1 aliphatic rings. The van der Waals surface area contributed by atoms with Gasteiger partial charge in [-0.2, -0.15) is 5.57 Å². The second-order valence-corrected chi connectivity index (χ2v) is 7.13. The van der Waals surface area contributed by atoms with Crippen LogP contribution in [-0.4, -0.2) is 4.98 Å². The number of hydrogen-bond donors (Lipinski definition) is 0. The number of benzene rings is 3. The van der Waals surface area contributed by atoms with E-state index in [-0.39, 0.29) is 42.2 Å². The molecule has 0 fully saturated rings. The Bertz CT molecular complexity index is 1230. The second kappa shape index (κ2) is 10.3. The smallest absolute Gasteiger partial charge is 1.00 e. The van der Waals surface area contributed by atoms with Gasteiger partial charge in [-0.1, -0.05) is 66.7 Å². The van der Waals surface area contributed by atoms with Crippen LogP contribution in [0.2, 0.25) is 0 Å². The van der Waals surface area contributed by atoms with Crippen LogP contribution in [0.15, 0.2) is 90.1 Å². The molecule has 0 spiro atoms. The van der Waals surface area contributed by atoms with E-state index in [0.29, 0.717) is 0 Å². The van der Waals surface area contributed by atoms with E-state index < -0.39 is 0 Å². The number of nitrogens with zero attached hydrogens (tertiary/aromatic N) is 1. The van der Waals surface area contributed by atoms with Crippen molar-refractivity contribution in [2.75, 3.05) is 0 Å². The zero-order chi connectivity index (χ0) is 18.2. The molecule has 1 radical (unpaired) electrons. The maximum atomic E-state index is 4.64. The molecule has 5 rings (SSSR count). The zero-order valence-corrected chi connectivity index (χ0v) is 19.3. The Labute approximate surface area is 200 Å². The van der Waals surface area contributed by atoms with E-state index in [1.54, 1.807) is 0 Å². The molecule has 1 heterocycles. The number of para-hydroxylation sites is 1. The average molecular weight is 469 g/mol. The van der Waals surface area contributed by atoms with Crippen LogP contribution in [0, 0.1) is 6.08 Å². The first-order valence-corrected chi connectivity index (χ1v) is 9.42. The number of allylic oxidation sites excluding steroid dienone is 4. The van der Waals surface area contributed by atoms with Crippen molar-refractivity contribution in [3.05, 3.63) is 107 Å². The molecule has 30 heavy (non-hydrogen) atoms. The molecule has 0 atom stereocenters. The van der Waals surface area contributed by atoms with Crippen molar-refractivity contribution >= 4 is 27.2 Å². The minimum absolute atomic E-state index is 0. The van der Waals surface area contributed by atoms with E-state index in [9.17, 15) is 0 Å². The fraction of sp³-hybridized carbons (Fsp3) is 0.115. The number of pyridine rings is 1. The van der Waals surface area contributed by atoms with Gasteiger partial charge in [-0.05, 0) is 34.4 Å². The Hall–Kier alpha value is -2.08. The van der Waals surface area contributed by atoms with Crippen molar-refractivity contribution in [3.63, 3.8) is 0 Å². The minimum atomic E-state index is 0. The first kappa shape index (κ1) is 24.2. The Kier molecular flexibility index (Phi) is 8.30. The van der Waals surface area contributed by atoms with Gasteiger partial charge in [0.1, 0.15) is 0 Å². The Balaban J connectivity index is 0.00000107. The number of fused-ring (bicyclic) bond motifs is 2. The Morgan fingerprint density at radius 3 is 2.40 bits per heavy atom. The van der Waals surface area contributed by atoms with Gasteiger partial charge in [-0.15, -0.1) is 18.9 Å². The largest absolute Gasteiger partial charge is 3.00 e. The summed E-state index contributed by atoms with van der Waals surface area (Å²) < 4.78 is 0. The van der Waals surface area contributed by atoms with Gasteiger partial charge in [0.15, 0.2) is 0 Å². The maximum Gasteiger partial charge on any atom is 3.00 e. The molecule has 0 amide bonds. The predicted molar refractivity (Wildman–Crippen MR) is 113 cm³/mol. The van der Waals surface area contributed by atoms with Crippen LogP contribution < -0.4 is 24.8 Å². The summed E-state index contributed by atoms with van der Waals surface area (Å²) in [5.74, 6) is 0. The van der Waals surface area contributed by atoms with Crippen LogP contribution in [-0.2, 0) is 23.8 Å². The van der Waals surface area contributed by atoms with E-state index in [0.717, 1.165) is 18.4 Å². The Morgan fingerprint density at radius 2 is 1.53 bits per heavy atom. The summed E-state index contributed by atoms with van der Waals surface area (Å²) in [5.41, 5.74) is 7.71. The third kappa shape index (κ3) is 4.34. The number of halogens is 2. The van der Waals surface area contributed by atoms with Gasteiger partial charge < -0.3 is 24.8 Å². The molecule has 4 aromatic rings. The first-order chi connectivity index (χ1) is 13.3. The fourth-order valence-electron chi connectivity index (χ4n) is 4.12. The summed E-state index contributed by atoms with van der Waals surface area (Å²) in [7, 11) is 0. The molecule has 149 valence electrons. The normalized spacial score (nSPS) is 12.8. The van der Waals surface area contributed by atoms with Crippen LogP contribution in [0.1, 0.15) is 24.5 Å². The molecule has 3 aromatic carbocycles. The molecule has 0 aliphatic heterocycles. The second-order valence-electron chi connectivity index (χ2n) is 7.13. The summed E-state index contributed by atoms with van der Waals surface area (Å²) in [5, 5.41) is 3.83. The van der Waals surface area contributed by atoms with Crippen LogP contribution in [0.25, 0.3) is 27.2 Å². The van der Waals surface area contributed by atoms with Gasteiger partial charge in [0.05, 0.1) is 5.52 Å². The van der Waals surface area contributed by atoms with E-state index in [2.05, 4.69) is 84.7 Å². The van der Waals surface area contributed by atoms with Crippen molar-refractivity contribution in [1.82, 2.24) is 4.98 Å². The number of hydrogen-bond acceptors (Lipinski definition) is 1. The molecule has 4 heteroatoms. The van der Waals surface area contributed by atoms with Gasteiger partial charge >= 0.3 is 17.4 Å². The van der Waals surface area contributed by atoms with Crippen molar-refractivity contribution in [2.45, 2.75) is 19.8 Å². The third-order valence-electron chi connectivity index (χ3n) is 5.59. The van der Waals surface area contributed by atoms with Crippen molar-refractivity contribution in [2.24, 2.45) is 0 Å². The van der Waals surface area contributed by atoms with Crippen LogP contribution in [0.5, 0.6) is 0 Å². The van der Waals surface area contributed by atoms with E-state index in [1.165, 1.54) is 44.0 Å². The van der Waals surface area contributed by atoms with Gasteiger partial charge in [-0.25, -0.2) is 5.57 Å². The predicted octanol–water partition coefficient (Wildman–Crippen LogP) is 0.543. The average Bonchev–Trinajstić information content (AvgIpc) is 3.08. The summed E-state index contributed by atoms with van der Waals surface area (Å²) in [4.78, 5) is 4.64. The third-order valence-corrected chi connectivity index (χ3v) is 5.59. The number of aromatic nitrogens is 1. The summed E-state index contributed by atoms with van der Waals surface area (Å²) in [6.45, 7) is 2.23. The molecule has 1 nitrogen and oxygen atoms in total. The molecular formula is C26H20Cl2CrN. The maximum absolute atomic E-state index is 4.64. The topological polar surface area (TPSA) is 12.9 Å². The minimum Gasteiger partial charge on any atom is -1.00 e. The summed E-state index contributed by atoms with van der Waals surface area (Å²) in [6, 6.07) is 25.8. The van der Waals surface area contributed by atoms with Crippen molar-refractivity contribution in [3.8, 4) is 0 Å². The molecule has 1 aliphatic carbocycles. The number of rotatable bonds is 3. The zero-order valence-electron chi connectivity index (χ0n) is 16.5. The molecule has 0 unspecified atom stereocenters. The monoisotopic (exact) mass is 468 g/mol. The fourth-order valence-corrected chi connectivity index (χ4v) is 4.12. The van der Waals surface area contributed by atoms with Gasteiger partial charge in [0.25, 0.3) is 0 Å². The SMILES string of the molecule is CC1=C(c2cccc3cccnc23)C[C-]=C1Cc1cccc2ccccc12.[Cl-].[Cl-].[Cr+3]. The van der Waals surface area contributed by atoms with Crippen LogP contribution in [0.4, 0.5) is 0 Å².